The number of nitrogens with one attached hydrogen (secondary N) is 1. The monoisotopic (exact) mass is 416 g/mol. The average Bonchev–Trinajstić information content (AvgIpc) is 3.23. The van der Waals surface area contributed by atoms with Crippen molar-refractivity contribution < 1.29 is 4.79 Å². The molecular formula is C18H26Cl2N4OS. The van der Waals surface area contributed by atoms with Gasteiger partial charge in [0.15, 0.2) is 5.13 Å². The van der Waals surface area contributed by atoms with E-state index in [-0.39, 0.29) is 42.7 Å². The number of hydrogen-bond donors (Lipinski definition) is 2. The van der Waals surface area contributed by atoms with E-state index in [4.69, 9.17) is 10.7 Å². The van der Waals surface area contributed by atoms with Crippen LogP contribution in [-0.2, 0) is 4.79 Å². The second-order valence-electron chi connectivity index (χ2n) is 6.99. The SMILES string of the molecule is Cl.Cl.NC1CCCC(C(=O)Nc2ccc3nc(N4CCCC4)sc3c2)C1. The number of carbonyl (C=O) groups is 1. The van der Waals surface area contributed by atoms with Crippen molar-refractivity contribution in [1.82, 2.24) is 4.98 Å². The Morgan fingerprint density at radius 2 is 1.96 bits per heavy atom. The quantitative estimate of drug-likeness (QED) is 0.786. The van der Waals surface area contributed by atoms with E-state index in [1.54, 1.807) is 11.3 Å². The van der Waals surface area contributed by atoms with Gasteiger partial charge >= 0.3 is 0 Å². The predicted octanol–water partition coefficient (Wildman–Crippen LogP) is 4.20. The van der Waals surface area contributed by atoms with Gasteiger partial charge in [0.05, 0.1) is 10.2 Å². The second kappa shape index (κ2) is 9.22. The van der Waals surface area contributed by atoms with Gasteiger partial charge in [-0.05, 0) is 50.3 Å². The number of rotatable bonds is 3. The fourth-order valence-electron chi connectivity index (χ4n) is 3.74. The normalized spacial score (nSPS) is 22.6. The van der Waals surface area contributed by atoms with E-state index >= 15 is 0 Å². The van der Waals surface area contributed by atoms with Gasteiger partial charge in [-0.25, -0.2) is 4.98 Å². The smallest absolute Gasteiger partial charge is 0.227 e. The summed E-state index contributed by atoms with van der Waals surface area (Å²) in [5.74, 6) is 0.153. The summed E-state index contributed by atoms with van der Waals surface area (Å²) < 4.78 is 1.13. The van der Waals surface area contributed by atoms with Crippen LogP contribution in [0, 0.1) is 5.92 Å². The van der Waals surface area contributed by atoms with Crippen LogP contribution in [0.1, 0.15) is 38.5 Å². The number of halogens is 2. The third-order valence-corrected chi connectivity index (χ3v) is 6.19. The Kier molecular flexibility index (Phi) is 7.52. The van der Waals surface area contributed by atoms with Gasteiger partial charge in [0.25, 0.3) is 0 Å². The minimum Gasteiger partial charge on any atom is -0.348 e. The Hall–Kier alpha value is -1.08. The Morgan fingerprint density at radius 1 is 1.19 bits per heavy atom. The van der Waals surface area contributed by atoms with Crippen molar-refractivity contribution in [3.63, 3.8) is 0 Å². The molecule has 1 saturated heterocycles. The van der Waals surface area contributed by atoms with Crippen LogP contribution in [0.2, 0.25) is 0 Å². The van der Waals surface area contributed by atoms with E-state index in [1.165, 1.54) is 12.8 Å². The first kappa shape index (κ1) is 21.2. The number of hydrogen-bond acceptors (Lipinski definition) is 5. The molecule has 2 aromatic rings. The molecule has 1 aromatic carbocycles. The zero-order valence-corrected chi connectivity index (χ0v) is 17.1. The maximum absolute atomic E-state index is 12.5. The van der Waals surface area contributed by atoms with Gasteiger partial charge in [-0.1, -0.05) is 17.8 Å². The zero-order valence-electron chi connectivity index (χ0n) is 14.6. The highest BCUT2D eigenvalue weighted by molar-refractivity contribution is 7.22. The van der Waals surface area contributed by atoms with Gasteiger partial charge in [-0.2, -0.15) is 0 Å². The Labute approximate surface area is 170 Å². The number of aromatic nitrogens is 1. The van der Waals surface area contributed by atoms with Gasteiger partial charge in [-0.15, -0.1) is 24.8 Å². The molecule has 0 spiro atoms. The van der Waals surface area contributed by atoms with Crippen molar-refractivity contribution in [3.05, 3.63) is 18.2 Å². The van der Waals surface area contributed by atoms with Crippen LogP contribution in [0.25, 0.3) is 10.2 Å². The van der Waals surface area contributed by atoms with E-state index in [9.17, 15) is 4.79 Å². The number of carbonyl (C=O) groups excluding carboxylic acids is 1. The average molecular weight is 417 g/mol. The van der Waals surface area contributed by atoms with Crippen molar-refractivity contribution >= 4 is 63.1 Å². The largest absolute Gasteiger partial charge is 0.348 e. The molecule has 2 fully saturated rings. The van der Waals surface area contributed by atoms with E-state index < -0.39 is 0 Å². The molecule has 1 aromatic heterocycles. The van der Waals surface area contributed by atoms with Crippen molar-refractivity contribution in [2.45, 2.75) is 44.6 Å². The van der Waals surface area contributed by atoms with Gasteiger partial charge in [-0.3, -0.25) is 4.79 Å². The summed E-state index contributed by atoms with van der Waals surface area (Å²) in [6.45, 7) is 2.21. The molecule has 2 aliphatic rings. The van der Waals surface area contributed by atoms with Crippen molar-refractivity contribution in [2.75, 3.05) is 23.3 Å². The molecule has 8 heteroatoms. The molecule has 0 bridgehead atoms. The van der Waals surface area contributed by atoms with E-state index in [2.05, 4.69) is 10.2 Å². The third kappa shape index (κ3) is 4.60. The van der Waals surface area contributed by atoms with Crippen LogP contribution in [0.15, 0.2) is 18.2 Å². The predicted molar refractivity (Wildman–Crippen MR) is 114 cm³/mol. The number of fused-ring (bicyclic) bond motifs is 1. The maximum atomic E-state index is 12.5. The third-order valence-electron chi connectivity index (χ3n) is 5.11. The number of thiazole rings is 1. The number of nitrogens with two attached hydrogens (primary N) is 1. The van der Waals surface area contributed by atoms with Crippen molar-refractivity contribution in [3.8, 4) is 0 Å². The Balaban J connectivity index is 0.00000121. The number of anilines is 2. The number of nitrogens with zero attached hydrogens (tertiary/aromatic N) is 2. The molecule has 4 rings (SSSR count). The highest BCUT2D eigenvalue weighted by Crippen LogP contribution is 2.33. The lowest BCUT2D eigenvalue weighted by Gasteiger charge is -2.25. The molecule has 2 atom stereocenters. The van der Waals surface area contributed by atoms with Gasteiger partial charge in [0.2, 0.25) is 5.91 Å². The molecule has 2 unspecified atom stereocenters. The molecule has 1 saturated carbocycles. The summed E-state index contributed by atoms with van der Waals surface area (Å²) in [7, 11) is 0. The maximum Gasteiger partial charge on any atom is 0.227 e. The summed E-state index contributed by atoms with van der Waals surface area (Å²) in [6, 6.07) is 6.18. The molecule has 3 N–H and O–H groups in total. The highest BCUT2D eigenvalue weighted by atomic mass is 35.5. The molecule has 1 aliphatic heterocycles. The van der Waals surface area contributed by atoms with Gasteiger partial charge in [0.1, 0.15) is 0 Å². The van der Waals surface area contributed by atoms with E-state index in [0.29, 0.717) is 0 Å². The van der Waals surface area contributed by atoms with E-state index in [0.717, 1.165) is 59.8 Å². The first-order valence-corrected chi connectivity index (χ1v) is 9.73. The lowest BCUT2D eigenvalue weighted by Crippen LogP contribution is -2.34. The molecule has 0 radical (unpaired) electrons. The lowest BCUT2D eigenvalue weighted by molar-refractivity contribution is -0.120. The van der Waals surface area contributed by atoms with Crippen LogP contribution in [-0.4, -0.2) is 30.0 Å². The summed E-state index contributed by atoms with van der Waals surface area (Å²) in [5, 5.41) is 4.18. The van der Waals surface area contributed by atoms with Crippen LogP contribution in [0.3, 0.4) is 0 Å². The van der Waals surface area contributed by atoms with E-state index in [1.807, 2.05) is 18.2 Å². The molecule has 1 aliphatic carbocycles. The van der Waals surface area contributed by atoms with Crippen molar-refractivity contribution in [1.29, 1.82) is 0 Å². The number of amides is 1. The molecule has 144 valence electrons. The summed E-state index contributed by atoms with van der Waals surface area (Å²) >= 11 is 1.72. The van der Waals surface area contributed by atoms with Crippen LogP contribution in [0.5, 0.6) is 0 Å². The summed E-state index contributed by atoms with van der Waals surface area (Å²) in [5.41, 5.74) is 7.88. The number of benzene rings is 1. The zero-order chi connectivity index (χ0) is 16.5. The molecule has 5 nitrogen and oxygen atoms in total. The summed E-state index contributed by atoms with van der Waals surface area (Å²) in [6.07, 6.45) is 6.33. The lowest BCUT2D eigenvalue weighted by atomic mass is 9.85. The molecule has 2 heterocycles. The Bertz CT molecular complexity index is 748. The first-order chi connectivity index (χ1) is 11.7. The minimum absolute atomic E-state index is 0. The highest BCUT2D eigenvalue weighted by Gasteiger charge is 2.25. The van der Waals surface area contributed by atoms with Gasteiger partial charge in [0, 0.05) is 30.7 Å². The standard InChI is InChI=1S/C18H24N4OS.2ClH/c19-13-5-3-4-12(10-13)17(23)20-14-6-7-15-16(11-14)24-18(21-15)22-8-1-2-9-22;;/h6-7,11-13H,1-5,8-10,19H2,(H,20,23);2*1H. The second-order valence-corrected chi connectivity index (χ2v) is 8.00. The van der Waals surface area contributed by atoms with Gasteiger partial charge < -0.3 is 16.0 Å². The Morgan fingerprint density at radius 3 is 2.69 bits per heavy atom. The van der Waals surface area contributed by atoms with Crippen LogP contribution < -0.4 is 16.0 Å². The fourth-order valence-corrected chi connectivity index (χ4v) is 4.80. The first-order valence-electron chi connectivity index (χ1n) is 8.91. The van der Waals surface area contributed by atoms with Crippen LogP contribution in [0.4, 0.5) is 10.8 Å². The topological polar surface area (TPSA) is 71.2 Å². The van der Waals surface area contributed by atoms with Crippen LogP contribution >= 0.6 is 36.2 Å². The minimum atomic E-state index is 0. The fraction of sp³-hybridized carbons (Fsp3) is 0.556. The summed E-state index contributed by atoms with van der Waals surface area (Å²) in [4.78, 5) is 19.6. The molecular weight excluding hydrogens is 391 g/mol. The van der Waals surface area contributed by atoms with Crippen molar-refractivity contribution in [2.24, 2.45) is 11.7 Å². The molecule has 26 heavy (non-hydrogen) atoms. The molecule has 1 amide bonds.